The first-order chi connectivity index (χ1) is 12.5. The van der Waals surface area contributed by atoms with Crippen LogP contribution in [0.4, 0.5) is 5.13 Å². The van der Waals surface area contributed by atoms with Gasteiger partial charge in [0, 0.05) is 4.90 Å². The zero-order valence-corrected chi connectivity index (χ0v) is 16.2. The van der Waals surface area contributed by atoms with E-state index in [9.17, 15) is 9.59 Å². The number of aromatic nitrogens is 1. The normalized spacial score (nSPS) is 12.0. The standard InChI is InChI=1S/C19H18N2O3S2/c1-11-8-9-14-16(10-11)26-19(20-14)21-17(22)13-6-4-5-7-15(13)25-12(2)18(23)24-3/h4-10,12H,1-3H3,(H,20,21,22). The van der Waals surface area contributed by atoms with Gasteiger partial charge in [0.05, 0.1) is 22.9 Å². The molecule has 0 saturated carbocycles. The van der Waals surface area contributed by atoms with Gasteiger partial charge in [-0.1, -0.05) is 29.5 Å². The zero-order chi connectivity index (χ0) is 18.7. The van der Waals surface area contributed by atoms with Crippen LogP contribution in [0, 0.1) is 6.92 Å². The summed E-state index contributed by atoms with van der Waals surface area (Å²) in [5.74, 6) is -0.576. The third-order valence-corrected chi connectivity index (χ3v) is 5.82. The van der Waals surface area contributed by atoms with Crippen molar-refractivity contribution in [1.82, 2.24) is 4.98 Å². The van der Waals surface area contributed by atoms with Crippen LogP contribution in [0.15, 0.2) is 47.4 Å². The Kier molecular flexibility index (Phi) is 5.58. The van der Waals surface area contributed by atoms with Crippen LogP contribution in [0.25, 0.3) is 10.2 Å². The topological polar surface area (TPSA) is 68.3 Å². The molecule has 0 aliphatic heterocycles. The molecule has 2 aromatic carbocycles. The van der Waals surface area contributed by atoms with Gasteiger partial charge in [-0.3, -0.25) is 14.9 Å². The second kappa shape index (κ2) is 7.88. The minimum atomic E-state index is -0.403. The lowest BCUT2D eigenvalue weighted by atomic mass is 10.2. The molecule has 7 heteroatoms. The second-order valence-corrected chi connectivity index (χ2v) is 8.14. The summed E-state index contributed by atoms with van der Waals surface area (Å²) < 4.78 is 5.78. The van der Waals surface area contributed by atoms with Crippen LogP contribution >= 0.6 is 23.1 Å². The smallest absolute Gasteiger partial charge is 0.318 e. The Morgan fingerprint density at radius 1 is 1.23 bits per heavy atom. The van der Waals surface area contributed by atoms with Crippen LogP contribution in [-0.4, -0.2) is 29.2 Å². The highest BCUT2D eigenvalue weighted by Crippen LogP contribution is 2.30. The molecule has 0 aliphatic carbocycles. The number of thiazole rings is 1. The zero-order valence-electron chi connectivity index (χ0n) is 14.6. The van der Waals surface area contributed by atoms with Crippen molar-refractivity contribution in [1.29, 1.82) is 0 Å². The van der Waals surface area contributed by atoms with Crippen molar-refractivity contribution < 1.29 is 14.3 Å². The molecule has 0 saturated heterocycles. The predicted octanol–water partition coefficient (Wildman–Crippen LogP) is 4.51. The summed E-state index contributed by atoms with van der Waals surface area (Å²) in [5.41, 5.74) is 2.51. The fourth-order valence-electron chi connectivity index (χ4n) is 2.41. The Bertz CT molecular complexity index is 968. The summed E-state index contributed by atoms with van der Waals surface area (Å²) in [6.07, 6.45) is 0. The first-order valence-electron chi connectivity index (χ1n) is 8.00. The Morgan fingerprint density at radius 3 is 2.77 bits per heavy atom. The molecule has 5 nitrogen and oxygen atoms in total. The van der Waals surface area contributed by atoms with E-state index < -0.39 is 5.25 Å². The first kappa shape index (κ1) is 18.4. The molecule has 1 N–H and O–H groups in total. The van der Waals surface area contributed by atoms with E-state index in [1.165, 1.54) is 30.2 Å². The molecule has 26 heavy (non-hydrogen) atoms. The number of ether oxygens (including phenoxy) is 1. The quantitative estimate of drug-likeness (QED) is 0.516. The molecular weight excluding hydrogens is 368 g/mol. The van der Waals surface area contributed by atoms with Crippen molar-refractivity contribution in [2.75, 3.05) is 12.4 Å². The van der Waals surface area contributed by atoms with Crippen molar-refractivity contribution in [3.63, 3.8) is 0 Å². The summed E-state index contributed by atoms with van der Waals surface area (Å²) in [6.45, 7) is 3.77. The maximum Gasteiger partial charge on any atom is 0.318 e. The van der Waals surface area contributed by atoms with Crippen LogP contribution < -0.4 is 5.32 Å². The predicted molar refractivity (Wildman–Crippen MR) is 106 cm³/mol. The fourth-order valence-corrected chi connectivity index (χ4v) is 4.39. The maximum atomic E-state index is 12.7. The van der Waals surface area contributed by atoms with Crippen molar-refractivity contribution in [2.24, 2.45) is 0 Å². The van der Waals surface area contributed by atoms with E-state index >= 15 is 0 Å². The lowest BCUT2D eigenvalue weighted by Gasteiger charge is -2.12. The molecule has 0 radical (unpaired) electrons. The third kappa shape index (κ3) is 4.05. The van der Waals surface area contributed by atoms with E-state index in [-0.39, 0.29) is 11.9 Å². The van der Waals surface area contributed by atoms with Crippen LogP contribution in [-0.2, 0) is 9.53 Å². The number of thioether (sulfide) groups is 1. The number of amides is 1. The largest absolute Gasteiger partial charge is 0.468 e. The number of hydrogen-bond donors (Lipinski definition) is 1. The SMILES string of the molecule is COC(=O)C(C)Sc1ccccc1C(=O)Nc1nc2ccc(C)cc2s1. The second-order valence-electron chi connectivity index (χ2n) is 5.72. The highest BCUT2D eigenvalue weighted by atomic mass is 32.2. The van der Waals surface area contributed by atoms with E-state index in [0.29, 0.717) is 10.7 Å². The highest BCUT2D eigenvalue weighted by Gasteiger charge is 2.19. The molecule has 1 atom stereocenters. The molecule has 1 aromatic heterocycles. The first-order valence-corrected chi connectivity index (χ1v) is 9.69. The van der Waals surface area contributed by atoms with Gasteiger partial charge >= 0.3 is 5.97 Å². The van der Waals surface area contributed by atoms with Crippen LogP contribution in [0.3, 0.4) is 0 Å². The Hall–Kier alpha value is -2.38. The minimum absolute atomic E-state index is 0.249. The molecule has 1 unspecified atom stereocenters. The van der Waals surface area contributed by atoms with Gasteiger partial charge in [0.1, 0.15) is 5.25 Å². The van der Waals surface area contributed by atoms with Gasteiger partial charge in [0.15, 0.2) is 5.13 Å². The molecule has 3 rings (SSSR count). The number of anilines is 1. The number of methoxy groups -OCH3 is 1. The van der Waals surface area contributed by atoms with Gasteiger partial charge in [-0.25, -0.2) is 4.98 Å². The van der Waals surface area contributed by atoms with Crippen molar-refractivity contribution >= 4 is 50.3 Å². The number of fused-ring (bicyclic) bond motifs is 1. The lowest BCUT2D eigenvalue weighted by molar-refractivity contribution is -0.139. The van der Waals surface area contributed by atoms with E-state index in [2.05, 4.69) is 10.3 Å². The van der Waals surface area contributed by atoms with Crippen molar-refractivity contribution in [3.05, 3.63) is 53.6 Å². The van der Waals surface area contributed by atoms with Gasteiger partial charge in [-0.2, -0.15) is 0 Å². The van der Waals surface area contributed by atoms with Crippen LogP contribution in [0.1, 0.15) is 22.8 Å². The average molecular weight is 386 g/mol. The molecule has 0 bridgehead atoms. The van der Waals surface area contributed by atoms with Crippen LogP contribution in [0.2, 0.25) is 0 Å². The number of aryl methyl sites for hydroxylation is 1. The number of hydrogen-bond acceptors (Lipinski definition) is 6. The molecule has 1 heterocycles. The van der Waals surface area contributed by atoms with Gasteiger partial charge in [0.2, 0.25) is 0 Å². The number of benzene rings is 2. The van der Waals surface area contributed by atoms with E-state index in [4.69, 9.17) is 4.74 Å². The number of rotatable bonds is 5. The third-order valence-electron chi connectivity index (χ3n) is 3.73. The minimum Gasteiger partial charge on any atom is -0.468 e. The number of carbonyl (C=O) groups excluding carboxylic acids is 2. The van der Waals surface area contributed by atoms with E-state index in [1.54, 1.807) is 19.1 Å². The molecule has 0 aliphatic rings. The van der Waals surface area contributed by atoms with Gasteiger partial charge in [-0.05, 0) is 43.7 Å². The summed E-state index contributed by atoms with van der Waals surface area (Å²) in [4.78, 5) is 29.6. The number of carbonyl (C=O) groups is 2. The summed E-state index contributed by atoms with van der Waals surface area (Å²) in [7, 11) is 1.35. The Labute approximate surface area is 159 Å². The molecular formula is C19H18N2O3S2. The van der Waals surface area contributed by atoms with Crippen LogP contribution in [0.5, 0.6) is 0 Å². The molecule has 0 spiro atoms. The molecule has 3 aromatic rings. The van der Waals surface area contributed by atoms with Gasteiger partial charge < -0.3 is 4.74 Å². The van der Waals surface area contributed by atoms with E-state index in [1.807, 2.05) is 37.3 Å². The monoisotopic (exact) mass is 386 g/mol. The molecule has 134 valence electrons. The Morgan fingerprint density at radius 2 is 2.00 bits per heavy atom. The van der Waals surface area contributed by atoms with E-state index in [0.717, 1.165) is 20.7 Å². The van der Waals surface area contributed by atoms with Crippen molar-refractivity contribution in [3.8, 4) is 0 Å². The Balaban J connectivity index is 1.82. The lowest BCUT2D eigenvalue weighted by Crippen LogP contribution is -2.17. The number of esters is 1. The summed E-state index contributed by atoms with van der Waals surface area (Å²) >= 11 is 2.74. The maximum absolute atomic E-state index is 12.7. The molecule has 0 fully saturated rings. The van der Waals surface area contributed by atoms with Gasteiger partial charge in [0.25, 0.3) is 5.91 Å². The number of nitrogens with zero attached hydrogens (tertiary/aromatic N) is 1. The number of nitrogens with one attached hydrogen (secondary N) is 1. The average Bonchev–Trinajstić information content (AvgIpc) is 3.02. The summed E-state index contributed by atoms with van der Waals surface area (Å²) in [5, 5.41) is 3.01. The van der Waals surface area contributed by atoms with Crippen molar-refractivity contribution in [2.45, 2.75) is 24.0 Å². The fraction of sp³-hybridized carbons (Fsp3) is 0.211. The molecule has 1 amide bonds. The summed E-state index contributed by atoms with van der Waals surface area (Å²) in [6, 6.07) is 13.2. The van der Waals surface area contributed by atoms with Gasteiger partial charge in [-0.15, -0.1) is 11.8 Å². The highest BCUT2D eigenvalue weighted by molar-refractivity contribution is 8.00.